The summed E-state index contributed by atoms with van der Waals surface area (Å²) in [6.07, 6.45) is 6.92. The molecule has 0 fully saturated rings. The van der Waals surface area contributed by atoms with Gasteiger partial charge in [-0.15, -0.1) is 5.10 Å². The maximum atomic E-state index is 12.7. The van der Waals surface area contributed by atoms with Crippen LogP contribution in [0.2, 0.25) is 0 Å². The van der Waals surface area contributed by atoms with Gasteiger partial charge in [0.05, 0.1) is 17.7 Å². The zero-order valence-electron chi connectivity index (χ0n) is 15.3. The predicted molar refractivity (Wildman–Crippen MR) is 99.8 cm³/mol. The first-order valence-electron chi connectivity index (χ1n) is 9.11. The standard InChI is InChI=1S/C19H22N4O3/c1-4-25-10-21-23-9-20-16-14-12-7-5-6-8-13(12)15(11(2)3)22-18(14)26-17(16)19(23)24/h9-11H,4-8H2,1-3H3. The highest BCUT2D eigenvalue weighted by Crippen LogP contribution is 2.36. The van der Waals surface area contributed by atoms with Crippen LogP contribution < -0.4 is 5.56 Å². The van der Waals surface area contributed by atoms with E-state index in [1.807, 2.05) is 6.92 Å². The van der Waals surface area contributed by atoms with E-state index in [4.69, 9.17) is 14.1 Å². The van der Waals surface area contributed by atoms with Crippen LogP contribution >= 0.6 is 0 Å². The van der Waals surface area contributed by atoms with Crippen LogP contribution in [0.15, 0.2) is 20.6 Å². The van der Waals surface area contributed by atoms with E-state index in [-0.39, 0.29) is 11.1 Å². The maximum Gasteiger partial charge on any atom is 0.317 e. The second-order valence-electron chi connectivity index (χ2n) is 6.85. The van der Waals surface area contributed by atoms with Crippen molar-refractivity contribution in [3.8, 4) is 0 Å². The molecule has 0 atom stereocenters. The Labute approximate surface area is 150 Å². The molecule has 7 nitrogen and oxygen atoms in total. The van der Waals surface area contributed by atoms with Crippen LogP contribution in [-0.2, 0) is 17.6 Å². The van der Waals surface area contributed by atoms with Gasteiger partial charge in [-0.3, -0.25) is 4.79 Å². The predicted octanol–water partition coefficient (Wildman–Crippen LogP) is 3.37. The number of hydrogen-bond acceptors (Lipinski definition) is 6. The number of hydrogen-bond donors (Lipinski definition) is 0. The van der Waals surface area contributed by atoms with E-state index in [1.54, 1.807) is 0 Å². The Bertz CT molecular complexity index is 1060. The lowest BCUT2D eigenvalue weighted by Crippen LogP contribution is -2.16. The number of nitrogens with zero attached hydrogens (tertiary/aromatic N) is 4. The fraction of sp³-hybridized carbons (Fsp3) is 0.474. The normalized spacial score (nSPS) is 14.6. The molecule has 136 valence electrons. The van der Waals surface area contributed by atoms with Crippen LogP contribution in [0.3, 0.4) is 0 Å². The van der Waals surface area contributed by atoms with Crippen LogP contribution in [0.25, 0.3) is 22.2 Å². The molecule has 0 saturated carbocycles. The van der Waals surface area contributed by atoms with Gasteiger partial charge in [-0.25, -0.2) is 9.97 Å². The molecule has 0 N–H and O–H groups in total. The van der Waals surface area contributed by atoms with E-state index in [9.17, 15) is 4.79 Å². The summed E-state index contributed by atoms with van der Waals surface area (Å²) in [5.41, 5.74) is 4.53. The number of furan rings is 1. The summed E-state index contributed by atoms with van der Waals surface area (Å²) < 4.78 is 12.0. The molecule has 26 heavy (non-hydrogen) atoms. The summed E-state index contributed by atoms with van der Waals surface area (Å²) in [5, 5.41) is 4.85. The van der Waals surface area contributed by atoms with E-state index < -0.39 is 0 Å². The van der Waals surface area contributed by atoms with Crippen molar-refractivity contribution < 1.29 is 9.15 Å². The minimum atomic E-state index is -0.361. The third-order valence-electron chi connectivity index (χ3n) is 4.82. The lowest BCUT2D eigenvalue weighted by molar-refractivity contribution is 0.340. The summed E-state index contributed by atoms with van der Waals surface area (Å²) in [4.78, 5) is 21.9. The average molecular weight is 354 g/mol. The van der Waals surface area contributed by atoms with Crippen molar-refractivity contribution in [3.05, 3.63) is 33.5 Å². The van der Waals surface area contributed by atoms with E-state index in [1.165, 1.54) is 30.3 Å². The lowest BCUT2D eigenvalue weighted by Gasteiger charge is -2.21. The van der Waals surface area contributed by atoms with Gasteiger partial charge in [0.25, 0.3) is 0 Å². The first-order chi connectivity index (χ1) is 12.6. The van der Waals surface area contributed by atoms with Crippen molar-refractivity contribution in [2.45, 2.75) is 52.4 Å². The molecule has 3 aromatic rings. The molecule has 0 bridgehead atoms. The molecular formula is C19H22N4O3. The molecule has 1 aliphatic rings. The lowest BCUT2D eigenvalue weighted by atomic mass is 9.86. The molecule has 1 aliphatic carbocycles. The smallest absolute Gasteiger partial charge is 0.317 e. The third kappa shape index (κ3) is 2.58. The van der Waals surface area contributed by atoms with Gasteiger partial charge in [-0.2, -0.15) is 4.68 Å². The molecule has 0 radical (unpaired) electrons. The van der Waals surface area contributed by atoms with Crippen molar-refractivity contribution in [1.82, 2.24) is 14.6 Å². The third-order valence-corrected chi connectivity index (χ3v) is 4.82. The van der Waals surface area contributed by atoms with Gasteiger partial charge in [0.2, 0.25) is 11.3 Å². The summed E-state index contributed by atoms with van der Waals surface area (Å²) in [7, 11) is 0. The Morgan fingerprint density at radius 2 is 2.12 bits per heavy atom. The van der Waals surface area contributed by atoms with E-state index in [2.05, 4.69) is 23.9 Å². The Hall–Kier alpha value is -2.70. The molecule has 0 saturated heterocycles. The second kappa shape index (κ2) is 6.55. The highest BCUT2D eigenvalue weighted by molar-refractivity contribution is 6.03. The fourth-order valence-electron chi connectivity index (χ4n) is 3.66. The molecule has 4 rings (SSSR count). The topological polar surface area (TPSA) is 82.5 Å². The minimum Gasteiger partial charge on any atom is -0.482 e. The minimum absolute atomic E-state index is 0.192. The molecule has 0 aromatic carbocycles. The number of aromatic nitrogens is 3. The molecule has 3 aromatic heterocycles. The molecule has 0 unspecified atom stereocenters. The molecule has 0 spiro atoms. The molecular weight excluding hydrogens is 332 g/mol. The van der Waals surface area contributed by atoms with Crippen LogP contribution in [-0.4, -0.2) is 27.7 Å². The second-order valence-corrected chi connectivity index (χ2v) is 6.85. The van der Waals surface area contributed by atoms with Gasteiger partial charge in [-0.05, 0) is 49.7 Å². The van der Waals surface area contributed by atoms with Gasteiger partial charge >= 0.3 is 5.56 Å². The van der Waals surface area contributed by atoms with Crippen LogP contribution in [0.1, 0.15) is 56.4 Å². The quantitative estimate of drug-likeness (QED) is 0.530. The largest absolute Gasteiger partial charge is 0.482 e. The maximum absolute atomic E-state index is 12.7. The Morgan fingerprint density at radius 3 is 2.85 bits per heavy atom. The van der Waals surface area contributed by atoms with Crippen LogP contribution in [0.4, 0.5) is 0 Å². The number of rotatable bonds is 4. The summed E-state index contributed by atoms with van der Waals surface area (Å²) in [6, 6.07) is 0. The fourth-order valence-corrected chi connectivity index (χ4v) is 3.66. The van der Waals surface area contributed by atoms with Crippen molar-refractivity contribution in [2.24, 2.45) is 5.10 Å². The molecule has 0 aliphatic heterocycles. The Morgan fingerprint density at radius 1 is 1.35 bits per heavy atom. The summed E-state index contributed by atoms with van der Waals surface area (Å²) in [5.74, 6) is 0.305. The average Bonchev–Trinajstić information content (AvgIpc) is 3.02. The summed E-state index contributed by atoms with van der Waals surface area (Å²) in [6.45, 7) is 6.60. The number of pyridine rings is 1. The first kappa shape index (κ1) is 16.8. The van der Waals surface area contributed by atoms with Gasteiger partial charge in [0.1, 0.15) is 11.8 Å². The van der Waals surface area contributed by atoms with Crippen molar-refractivity contribution in [2.75, 3.05) is 6.61 Å². The zero-order valence-corrected chi connectivity index (χ0v) is 15.3. The molecule has 3 heterocycles. The SMILES string of the molecule is CCOC=Nn1cnc2c(oc3nc(C(C)C)c4c(c32)CCCC4)c1=O. The monoisotopic (exact) mass is 354 g/mol. The van der Waals surface area contributed by atoms with Gasteiger partial charge in [-0.1, -0.05) is 13.8 Å². The highest BCUT2D eigenvalue weighted by Gasteiger charge is 2.25. The van der Waals surface area contributed by atoms with Gasteiger partial charge in [0.15, 0.2) is 6.40 Å². The van der Waals surface area contributed by atoms with Crippen molar-refractivity contribution in [1.29, 1.82) is 0 Å². The van der Waals surface area contributed by atoms with Crippen molar-refractivity contribution >= 4 is 28.6 Å². The Kier molecular flexibility index (Phi) is 4.22. The van der Waals surface area contributed by atoms with Crippen LogP contribution in [0.5, 0.6) is 0 Å². The number of fused-ring (bicyclic) bond motifs is 5. The number of aryl methyl sites for hydroxylation is 1. The molecule has 0 amide bonds. The van der Waals surface area contributed by atoms with Gasteiger partial charge < -0.3 is 9.15 Å². The Balaban J connectivity index is 2.00. The highest BCUT2D eigenvalue weighted by atomic mass is 16.5. The van der Waals surface area contributed by atoms with E-state index in [0.29, 0.717) is 23.8 Å². The van der Waals surface area contributed by atoms with Crippen molar-refractivity contribution in [3.63, 3.8) is 0 Å². The van der Waals surface area contributed by atoms with Gasteiger partial charge in [0, 0.05) is 0 Å². The first-order valence-corrected chi connectivity index (χ1v) is 9.11. The van der Waals surface area contributed by atoms with E-state index in [0.717, 1.165) is 35.0 Å². The summed E-state index contributed by atoms with van der Waals surface area (Å²) >= 11 is 0. The molecule has 7 heteroatoms. The zero-order chi connectivity index (χ0) is 18.3. The van der Waals surface area contributed by atoms with E-state index >= 15 is 0 Å². The number of ether oxygens (including phenoxy) is 1. The van der Waals surface area contributed by atoms with Crippen LogP contribution in [0, 0.1) is 0 Å².